The number of phenolic OH excluding ortho intramolecular Hbond substituents is 1. The highest BCUT2D eigenvalue weighted by atomic mass is 79.9. The number of piperidine rings is 1. The molecule has 1 heterocycles. The van der Waals surface area contributed by atoms with Crippen LogP contribution in [0.4, 0.5) is 0 Å². The van der Waals surface area contributed by atoms with Gasteiger partial charge in [-0.05, 0) is 83.7 Å². The normalized spacial score (nSPS) is 20.5. The van der Waals surface area contributed by atoms with E-state index in [9.17, 15) is 5.11 Å². The summed E-state index contributed by atoms with van der Waals surface area (Å²) >= 11 is 3.58. The van der Waals surface area contributed by atoms with Gasteiger partial charge in [0.25, 0.3) is 0 Å². The van der Waals surface area contributed by atoms with Crippen LogP contribution in [0.5, 0.6) is 5.75 Å². The van der Waals surface area contributed by atoms with Gasteiger partial charge in [-0.15, -0.1) is 0 Å². The summed E-state index contributed by atoms with van der Waals surface area (Å²) < 4.78 is 0.959. The first-order chi connectivity index (χ1) is 8.27. The highest BCUT2D eigenvalue weighted by Gasteiger charge is 2.24. The van der Waals surface area contributed by atoms with Gasteiger partial charge in [0.05, 0.1) is 4.47 Å². The van der Waals surface area contributed by atoms with E-state index in [2.05, 4.69) is 27.3 Å². The average molecular weight is 296 g/mol. The van der Waals surface area contributed by atoms with Gasteiger partial charge in [0.15, 0.2) is 0 Å². The Bertz CT molecular complexity index is 438. The summed E-state index contributed by atoms with van der Waals surface area (Å²) in [6.45, 7) is 2.14. The Morgan fingerprint density at radius 1 is 1.24 bits per heavy atom. The number of benzene rings is 1. The molecule has 92 valence electrons. The summed E-state index contributed by atoms with van der Waals surface area (Å²) in [5, 5.41) is 13.7. The molecule has 1 saturated heterocycles. The third-order valence-corrected chi connectivity index (χ3v) is 4.97. The highest BCUT2D eigenvalue weighted by Crippen LogP contribution is 2.42. The molecule has 3 rings (SSSR count). The van der Waals surface area contributed by atoms with Gasteiger partial charge in [0.1, 0.15) is 5.75 Å². The zero-order valence-electron chi connectivity index (χ0n) is 9.93. The Morgan fingerprint density at radius 3 is 2.76 bits per heavy atom. The van der Waals surface area contributed by atoms with Crippen molar-refractivity contribution in [3.8, 4) is 5.75 Å². The first kappa shape index (κ1) is 11.5. The fourth-order valence-corrected chi connectivity index (χ4v) is 3.83. The molecule has 3 heteroatoms. The first-order valence-corrected chi connectivity index (χ1v) is 7.30. The van der Waals surface area contributed by atoms with Crippen molar-refractivity contribution in [2.75, 3.05) is 13.1 Å². The zero-order chi connectivity index (χ0) is 11.8. The van der Waals surface area contributed by atoms with Crippen LogP contribution < -0.4 is 5.32 Å². The number of halogens is 1. The molecule has 0 saturated carbocycles. The summed E-state index contributed by atoms with van der Waals surface area (Å²) in [4.78, 5) is 0. The molecule has 0 radical (unpaired) electrons. The van der Waals surface area contributed by atoms with Crippen LogP contribution in [-0.4, -0.2) is 18.2 Å². The second kappa shape index (κ2) is 4.62. The van der Waals surface area contributed by atoms with Crippen LogP contribution in [0.25, 0.3) is 0 Å². The van der Waals surface area contributed by atoms with E-state index in [4.69, 9.17) is 0 Å². The monoisotopic (exact) mass is 295 g/mol. The second-order valence-corrected chi connectivity index (χ2v) is 5.94. The maximum atomic E-state index is 10.3. The average Bonchev–Trinajstić information content (AvgIpc) is 2.83. The molecule has 2 N–H and O–H groups in total. The van der Waals surface area contributed by atoms with E-state index >= 15 is 0 Å². The molecule has 0 atom stereocenters. The van der Waals surface area contributed by atoms with Gasteiger partial charge in [0.2, 0.25) is 0 Å². The number of hydrogen-bond donors (Lipinski definition) is 2. The minimum atomic E-state index is 0.498. The van der Waals surface area contributed by atoms with Gasteiger partial charge in [0, 0.05) is 0 Å². The molecule has 1 aliphatic carbocycles. The molecule has 0 unspecified atom stereocenters. The molecule has 2 nitrogen and oxygen atoms in total. The molecular weight excluding hydrogens is 278 g/mol. The van der Waals surface area contributed by atoms with Crippen LogP contribution >= 0.6 is 15.9 Å². The molecule has 1 aromatic rings. The molecule has 17 heavy (non-hydrogen) atoms. The summed E-state index contributed by atoms with van der Waals surface area (Å²) in [5.74, 6) is 1.02. The third kappa shape index (κ3) is 2.00. The summed E-state index contributed by atoms with van der Waals surface area (Å²) in [6.07, 6.45) is 5.78. The number of aromatic hydroxyl groups is 1. The van der Waals surface area contributed by atoms with Gasteiger partial charge in [-0.1, -0.05) is 6.07 Å². The molecule has 1 aliphatic heterocycles. The summed E-state index contributed by atoms with van der Waals surface area (Å²) in [5.41, 5.74) is 3.95. The third-order valence-electron chi connectivity index (χ3n) is 4.12. The van der Waals surface area contributed by atoms with Crippen LogP contribution in [0.15, 0.2) is 10.5 Å². The van der Waals surface area contributed by atoms with Crippen LogP contribution in [-0.2, 0) is 12.8 Å². The lowest BCUT2D eigenvalue weighted by atomic mass is 9.88. The Hall–Kier alpha value is -0.540. The Morgan fingerprint density at radius 2 is 2.00 bits per heavy atom. The summed E-state index contributed by atoms with van der Waals surface area (Å²) in [7, 11) is 0. The van der Waals surface area contributed by atoms with Crippen molar-refractivity contribution in [1.29, 1.82) is 0 Å². The molecule has 0 amide bonds. The van der Waals surface area contributed by atoms with Gasteiger partial charge < -0.3 is 10.4 Å². The summed E-state index contributed by atoms with van der Waals surface area (Å²) in [6, 6.07) is 2.26. The molecule has 1 aromatic carbocycles. The van der Waals surface area contributed by atoms with Gasteiger partial charge in [-0.3, -0.25) is 0 Å². The molecule has 2 aliphatic rings. The lowest BCUT2D eigenvalue weighted by Gasteiger charge is -2.25. The minimum Gasteiger partial charge on any atom is -0.506 e. The first-order valence-electron chi connectivity index (χ1n) is 6.51. The maximum absolute atomic E-state index is 10.3. The Balaban J connectivity index is 2.01. The van der Waals surface area contributed by atoms with Crippen molar-refractivity contribution < 1.29 is 5.11 Å². The number of rotatable bonds is 1. The minimum absolute atomic E-state index is 0.498. The number of hydrogen-bond acceptors (Lipinski definition) is 2. The number of nitrogens with one attached hydrogen (secondary N) is 1. The fraction of sp³-hybridized carbons (Fsp3) is 0.571. The van der Waals surface area contributed by atoms with Crippen LogP contribution in [0, 0.1) is 0 Å². The van der Waals surface area contributed by atoms with Crippen molar-refractivity contribution in [1.82, 2.24) is 5.32 Å². The van der Waals surface area contributed by atoms with E-state index in [-0.39, 0.29) is 0 Å². The van der Waals surface area contributed by atoms with Crippen molar-refractivity contribution in [2.24, 2.45) is 0 Å². The Kier molecular flexibility index (Phi) is 3.14. The van der Waals surface area contributed by atoms with Crippen molar-refractivity contribution in [3.05, 3.63) is 27.2 Å². The van der Waals surface area contributed by atoms with Crippen molar-refractivity contribution >= 4 is 15.9 Å². The van der Waals surface area contributed by atoms with E-state index < -0.39 is 0 Å². The zero-order valence-corrected chi connectivity index (χ0v) is 11.5. The SMILES string of the molecule is Oc1c(C2CCNCC2)cc2c(c1Br)CCC2. The predicted molar refractivity (Wildman–Crippen MR) is 72.7 cm³/mol. The molecule has 1 fully saturated rings. The largest absolute Gasteiger partial charge is 0.506 e. The van der Waals surface area contributed by atoms with E-state index in [1.54, 1.807) is 0 Å². The predicted octanol–water partition coefficient (Wildman–Crippen LogP) is 3.11. The molecule has 0 aromatic heterocycles. The number of fused-ring (bicyclic) bond motifs is 1. The van der Waals surface area contributed by atoms with Gasteiger partial charge >= 0.3 is 0 Å². The van der Waals surface area contributed by atoms with Gasteiger partial charge in [-0.2, -0.15) is 0 Å². The lowest BCUT2D eigenvalue weighted by molar-refractivity contribution is 0.422. The second-order valence-electron chi connectivity index (χ2n) is 5.14. The van der Waals surface area contributed by atoms with Crippen molar-refractivity contribution in [3.63, 3.8) is 0 Å². The fourth-order valence-electron chi connectivity index (χ4n) is 3.15. The smallest absolute Gasteiger partial charge is 0.133 e. The molecule has 0 bridgehead atoms. The van der Waals surface area contributed by atoms with E-state index in [1.807, 2.05) is 0 Å². The van der Waals surface area contributed by atoms with Crippen molar-refractivity contribution in [2.45, 2.75) is 38.0 Å². The quantitative estimate of drug-likeness (QED) is 0.834. The molecule has 0 spiro atoms. The Labute approximate surface area is 111 Å². The number of phenols is 1. The topological polar surface area (TPSA) is 32.3 Å². The number of aryl methyl sites for hydroxylation is 1. The molecular formula is C14H18BrNO. The maximum Gasteiger partial charge on any atom is 0.133 e. The van der Waals surface area contributed by atoms with E-state index in [0.717, 1.165) is 36.8 Å². The van der Waals surface area contributed by atoms with Crippen LogP contribution in [0.2, 0.25) is 0 Å². The van der Waals surface area contributed by atoms with Crippen LogP contribution in [0.1, 0.15) is 41.9 Å². The highest BCUT2D eigenvalue weighted by molar-refractivity contribution is 9.10. The standard InChI is InChI=1S/C14H18BrNO/c15-13-11-3-1-2-10(11)8-12(14(13)17)9-4-6-16-7-5-9/h8-9,16-17H,1-7H2. The van der Waals surface area contributed by atoms with Gasteiger partial charge in [-0.25, -0.2) is 0 Å². The van der Waals surface area contributed by atoms with E-state index in [1.165, 1.54) is 29.5 Å². The lowest BCUT2D eigenvalue weighted by Crippen LogP contribution is -2.26. The van der Waals surface area contributed by atoms with E-state index in [0.29, 0.717) is 11.7 Å². The van der Waals surface area contributed by atoms with Crippen LogP contribution in [0.3, 0.4) is 0 Å².